The van der Waals surface area contributed by atoms with Crippen LogP contribution in [0.1, 0.15) is 43.6 Å². The van der Waals surface area contributed by atoms with Crippen molar-refractivity contribution in [1.29, 1.82) is 0 Å². The summed E-state index contributed by atoms with van der Waals surface area (Å²) in [6.45, 7) is 2.26. The van der Waals surface area contributed by atoms with E-state index < -0.39 is 0 Å². The van der Waals surface area contributed by atoms with Crippen LogP contribution in [0, 0.1) is 17.7 Å². The van der Waals surface area contributed by atoms with Gasteiger partial charge in [-0.05, 0) is 48.3 Å². The van der Waals surface area contributed by atoms with E-state index in [0.29, 0.717) is 11.8 Å². The fourth-order valence-electron chi connectivity index (χ4n) is 3.17. The Morgan fingerprint density at radius 2 is 2.16 bits per heavy atom. The summed E-state index contributed by atoms with van der Waals surface area (Å²) in [5.41, 5.74) is 0. The number of benzene rings is 1. The van der Waals surface area contributed by atoms with Crippen LogP contribution >= 0.6 is 11.3 Å². The van der Waals surface area contributed by atoms with Crippen molar-refractivity contribution in [2.75, 3.05) is 0 Å². The molecule has 0 aliphatic heterocycles. The average Bonchev–Trinajstić information content (AvgIpc) is 2.80. The monoisotopic (exact) mass is 278 g/mol. The second-order valence-corrected chi connectivity index (χ2v) is 6.92. The van der Waals surface area contributed by atoms with Gasteiger partial charge in [-0.15, -0.1) is 11.3 Å². The fourth-order valence-corrected chi connectivity index (χ4v) is 4.34. The highest BCUT2D eigenvalue weighted by atomic mass is 32.1. The van der Waals surface area contributed by atoms with Crippen molar-refractivity contribution in [2.24, 2.45) is 11.8 Å². The van der Waals surface area contributed by atoms with Crippen LogP contribution in [0.2, 0.25) is 0 Å². The first-order valence-corrected chi connectivity index (χ1v) is 7.82. The Morgan fingerprint density at radius 3 is 2.95 bits per heavy atom. The van der Waals surface area contributed by atoms with Gasteiger partial charge < -0.3 is 5.11 Å². The first kappa shape index (κ1) is 13.1. The predicted molar refractivity (Wildman–Crippen MR) is 77.9 cm³/mol. The lowest BCUT2D eigenvalue weighted by atomic mass is 9.79. The molecule has 19 heavy (non-hydrogen) atoms. The van der Waals surface area contributed by atoms with E-state index >= 15 is 0 Å². The lowest BCUT2D eigenvalue weighted by molar-refractivity contribution is 0.0743. The van der Waals surface area contributed by atoms with Gasteiger partial charge in [0.25, 0.3) is 0 Å². The molecule has 3 atom stereocenters. The molecule has 0 amide bonds. The standard InChI is InChI=1S/C16H19FOS/c1-10-3-2-4-12(7-10)16(18)15-8-11-5-6-13(17)9-14(11)19-15/h5-6,8-10,12,16,18H,2-4,7H2,1H3. The number of hydrogen-bond donors (Lipinski definition) is 1. The van der Waals surface area contributed by atoms with Gasteiger partial charge in [0.15, 0.2) is 0 Å². The molecule has 102 valence electrons. The molecule has 1 nitrogen and oxygen atoms in total. The van der Waals surface area contributed by atoms with Gasteiger partial charge in [0.1, 0.15) is 5.82 Å². The molecule has 0 saturated heterocycles. The van der Waals surface area contributed by atoms with E-state index in [9.17, 15) is 9.50 Å². The van der Waals surface area contributed by atoms with Crippen molar-refractivity contribution in [3.8, 4) is 0 Å². The molecular formula is C16H19FOS. The van der Waals surface area contributed by atoms with E-state index in [-0.39, 0.29) is 11.9 Å². The zero-order valence-corrected chi connectivity index (χ0v) is 11.9. The fraction of sp³-hybridized carbons (Fsp3) is 0.500. The molecule has 2 aromatic rings. The molecule has 3 unspecified atom stereocenters. The maximum Gasteiger partial charge on any atom is 0.124 e. The predicted octanol–water partition coefficient (Wildman–Crippen LogP) is 4.90. The SMILES string of the molecule is CC1CCCC(C(O)c2cc3ccc(F)cc3s2)C1. The summed E-state index contributed by atoms with van der Waals surface area (Å²) in [5.74, 6) is 0.864. The summed E-state index contributed by atoms with van der Waals surface area (Å²) < 4.78 is 14.1. The van der Waals surface area contributed by atoms with Crippen LogP contribution < -0.4 is 0 Å². The quantitative estimate of drug-likeness (QED) is 0.828. The van der Waals surface area contributed by atoms with Crippen LogP contribution in [-0.4, -0.2) is 5.11 Å². The zero-order chi connectivity index (χ0) is 13.4. The maximum absolute atomic E-state index is 13.2. The molecule has 0 bridgehead atoms. The van der Waals surface area contributed by atoms with Gasteiger partial charge >= 0.3 is 0 Å². The van der Waals surface area contributed by atoms with Gasteiger partial charge in [0.05, 0.1) is 6.10 Å². The summed E-state index contributed by atoms with van der Waals surface area (Å²) in [6.07, 6.45) is 4.31. The largest absolute Gasteiger partial charge is 0.387 e. The second kappa shape index (κ2) is 5.22. The molecule has 3 rings (SSSR count). The van der Waals surface area contributed by atoms with Gasteiger partial charge in [0.2, 0.25) is 0 Å². The molecule has 1 saturated carbocycles. The van der Waals surface area contributed by atoms with Crippen molar-refractivity contribution in [2.45, 2.75) is 38.7 Å². The number of rotatable bonds is 2. The molecule has 0 spiro atoms. The number of halogens is 1. The topological polar surface area (TPSA) is 20.2 Å². The number of thiophene rings is 1. The number of aliphatic hydroxyl groups is 1. The Labute approximate surface area is 117 Å². The van der Waals surface area contributed by atoms with E-state index in [0.717, 1.165) is 27.8 Å². The highest BCUT2D eigenvalue weighted by molar-refractivity contribution is 7.19. The number of fused-ring (bicyclic) bond motifs is 1. The molecular weight excluding hydrogens is 259 g/mol. The lowest BCUT2D eigenvalue weighted by Gasteiger charge is -2.29. The average molecular weight is 278 g/mol. The van der Waals surface area contributed by atoms with E-state index in [2.05, 4.69) is 6.92 Å². The normalized spacial score (nSPS) is 25.6. The van der Waals surface area contributed by atoms with Crippen LogP contribution in [-0.2, 0) is 0 Å². The van der Waals surface area contributed by atoms with Crippen molar-refractivity contribution < 1.29 is 9.50 Å². The summed E-state index contributed by atoms with van der Waals surface area (Å²) >= 11 is 1.52. The van der Waals surface area contributed by atoms with Crippen LogP contribution in [0.15, 0.2) is 24.3 Å². The van der Waals surface area contributed by atoms with E-state index in [4.69, 9.17) is 0 Å². The number of aliphatic hydroxyl groups excluding tert-OH is 1. The molecule has 3 heteroatoms. The molecule has 1 aliphatic carbocycles. The third kappa shape index (κ3) is 2.67. The van der Waals surface area contributed by atoms with Gasteiger partial charge in [-0.3, -0.25) is 0 Å². The van der Waals surface area contributed by atoms with E-state index in [1.54, 1.807) is 12.1 Å². The Balaban J connectivity index is 1.86. The molecule has 1 aliphatic rings. The summed E-state index contributed by atoms with van der Waals surface area (Å²) in [5, 5.41) is 11.6. The Bertz CT molecular complexity index is 577. The maximum atomic E-state index is 13.2. The van der Waals surface area contributed by atoms with Gasteiger partial charge in [-0.25, -0.2) is 4.39 Å². The van der Waals surface area contributed by atoms with Crippen molar-refractivity contribution in [3.63, 3.8) is 0 Å². The molecule has 1 aromatic heterocycles. The van der Waals surface area contributed by atoms with Crippen LogP contribution in [0.25, 0.3) is 10.1 Å². The minimum absolute atomic E-state index is 0.207. The smallest absolute Gasteiger partial charge is 0.124 e. The molecule has 1 N–H and O–H groups in total. The summed E-state index contributed by atoms with van der Waals surface area (Å²) in [6, 6.07) is 6.85. The van der Waals surface area contributed by atoms with Crippen molar-refractivity contribution >= 4 is 21.4 Å². The zero-order valence-electron chi connectivity index (χ0n) is 11.1. The Morgan fingerprint density at radius 1 is 1.32 bits per heavy atom. The highest BCUT2D eigenvalue weighted by Gasteiger charge is 2.27. The first-order chi connectivity index (χ1) is 9.13. The first-order valence-electron chi connectivity index (χ1n) is 7.00. The Kier molecular flexibility index (Phi) is 3.59. The molecule has 1 aromatic carbocycles. The van der Waals surface area contributed by atoms with Crippen LogP contribution in [0.4, 0.5) is 4.39 Å². The molecule has 1 heterocycles. The van der Waals surface area contributed by atoms with Crippen molar-refractivity contribution in [1.82, 2.24) is 0 Å². The highest BCUT2D eigenvalue weighted by Crippen LogP contribution is 2.40. The summed E-state index contributed by atoms with van der Waals surface area (Å²) in [4.78, 5) is 0.986. The van der Waals surface area contributed by atoms with E-state index in [1.807, 2.05) is 6.07 Å². The van der Waals surface area contributed by atoms with Crippen molar-refractivity contribution in [3.05, 3.63) is 35.0 Å². The third-order valence-electron chi connectivity index (χ3n) is 4.22. The lowest BCUT2D eigenvalue weighted by Crippen LogP contribution is -2.19. The second-order valence-electron chi connectivity index (χ2n) is 5.81. The molecule has 0 radical (unpaired) electrons. The summed E-state index contributed by atoms with van der Waals surface area (Å²) in [7, 11) is 0. The molecule has 1 fully saturated rings. The Hall–Kier alpha value is -0.930. The minimum atomic E-state index is -0.386. The van der Waals surface area contributed by atoms with Gasteiger partial charge in [0, 0.05) is 9.58 Å². The minimum Gasteiger partial charge on any atom is -0.387 e. The van der Waals surface area contributed by atoms with Crippen LogP contribution in [0.3, 0.4) is 0 Å². The van der Waals surface area contributed by atoms with Gasteiger partial charge in [-0.1, -0.05) is 25.8 Å². The van der Waals surface area contributed by atoms with Crippen LogP contribution in [0.5, 0.6) is 0 Å². The third-order valence-corrected chi connectivity index (χ3v) is 5.38. The van der Waals surface area contributed by atoms with E-state index in [1.165, 1.54) is 30.2 Å². The number of hydrogen-bond acceptors (Lipinski definition) is 2. The van der Waals surface area contributed by atoms with Gasteiger partial charge in [-0.2, -0.15) is 0 Å².